The summed E-state index contributed by atoms with van der Waals surface area (Å²) < 4.78 is 10.4. The smallest absolute Gasteiger partial charge is 0.311 e. The number of furan rings is 1. The molecule has 0 radical (unpaired) electrons. The van der Waals surface area contributed by atoms with Crippen LogP contribution in [0.1, 0.15) is 16.1 Å². The number of amides is 1. The van der Waals surface area contributed by atoms with Gasteiger partial charge < -0.3 is 19.6 Å². The number of hydrogen-bond acceptors (Lipinski definition) is 6. The van der Waals surface area contributed by atoms with E-state index in [0.29, 0.717) is 17.2 Å². The topological polar surface area (TPSA) is 115 Å². The van der Waals surface area contributed by atoms with Crippen molar-refractivity contribution in [3.05, 3.63) is 76.0 Å². The summed E-state index contributed by atoms with van der Waals surface area (Å²) in [6.45, 7) is -0.178. The highest BCUT2D eigenvalue weighted by molar-refractivity contribution is 6.04. The monoisotopic (exact) mass is 368 g/mol. The Morgan fingerprint density at radius 2 is 1.93 bits per heavy atom. The maximum atomic E-state index is 12.4. The second kappa shape index (κ2) is 7.71. The van der Waals surface area contributed by atoms with E-state index in [0.717, 1.165) is 5.56 Å². The summed E-state index contributed by atoms with van der Waals surface area (Å²) in [4.78, 5) is 22.8. The maximum absolute atomic E-state index is 12.4. The summed E-state index contributed by atoms with van der Waals surface area (Å²) in [5, 5.41) is 22.8. The van der Waals surface area contributed by atoms with E-state index in [-0.39, 0.29) is 23.6 Å². The minimum atomic E-state index is -0.603. The Kier molecular flexibility index (Phi) is 5.18. The molecule has 3 aromatic rings. The molecule has 8 heteroatoms. The summed E-state index contributed by atoms with van der Waals surface area (Å²) >= 11 is 0. The fourth-order valence-corrected chi connectivity index (χ4v) is 2.51. The summed E-state index contributed by atoms with van der Waals surface area (Å²) in [5.41, 5.74) is 1.17. The second-order valence-corrected chi connectivity index (χ2v) is 5.60. The number of nitrogens with zero attached hydrogens (tertiary/aromatic N) is 1. The van der Waals surface area contributed by atoms with Gasteiger partial charge in [0.25, 0.3) is 5.91 Å². The van der Waals surface area contributed by atoms with Crippen LogP contribution in [-0.2, 0) is 6.61 Å². The minimum Gasteiger partial charge on any atom is -0.490 e. The fourth-order valence-electron chi connectivity index (χ4n) is 2.51. The molecule has 0 aliphatic rings. The van der Waals surface area contributed by atoms with Crippen molar-refractivity contribution < 1.29 is 24.0 Å². The summed E-state index contributed by atoms with van der Waals surface area (Å²) in [7, 11) is 1.33. The molecule has 0 saturated heterocycles. The molecule has 0 aliphatic heterocycles. The van der Waals surface area contributed by atoms with Gasteiger partial charge in [0, 0.05) is 22.9 Å². The molecule has 0 bridgehead atoms. The van der Waals surface area contributed by atoms with Crippen LogP contribution in [0.15, 0.2) is 59.0 Å². The zero-order valence-electron chi connectivity index (χ0n) is 14.3. The third-order valence-electron chi connectivity index (χ3n) is 3.88. The Labute approximate surface area is 154 Å². The van der Waals surface area contributed by atoms with Crippen molar-refractivity contribution in [3.63, 3.8) is 0 Å². The predicted molar refractivity (Wildman–Crippen MR) is 97.7 cm³/mol. The number of ether oxygens (including phenoxy) is 1. The highest BCUT2D eigenvalue weighted by Gasteiger charge is 2.18. The first kappa shape index (κ1) is 18.2. The van der Waals surface area contributed by atoms with E-state index in [1.807, 2.05) is 0 Å². The van der Waals surface area contributed by atoms with Crippen LogP contribution in [0.2, 0.25) is 0 Å². The van der Waals surface area contributed by atoms with E-state index in [9.17, 15) is 14.9 Å². The molecule has 0 aliphatic carbocycles. The maximum Gasteiger partial charge on any atom is 0.311 e. The number of methoxy groups -OCH3 is 1. The van der Waals surface area contributed by atoms with Gasteiger partial charge in [0.1, 0.15) is 18.1 Å². The normalized spacial score (nSPS) is 10.4. The average molecular weight is 368 g/mol. The van der Waals surface area contributed by atoms with E-state index in [1.165, 1.54) is 25.3 Å². The van der Waals surface area contributed by atoms with Gasteiger partial charge in [0.05, 0.1) is 12.0 Å². The molecule has 2 N–H and O–H groups in total. The van der Waals surface area contributed by atoms with Crippen molar-refractivity contribution in [1.82, 2.24) is 0 Å². The number of aliphatic hydroxyl groups is 1. The number of nitro groups is 1. The third-order valence-corrected chi connectivity index (χ3v) is 3.88. The van der Waals surface area contributed by atoms with Gasteiger partial charge in [-0.1, -0.05) is 0 Å². The zero-order valence-corrected chi connectivity index (χ0v) is 14.3. The van der Waals surface area contributed by atoms with Gasteiger partial charge in [-0.05, 0) is 48.5 Å². The standard InChI is InChI=1S/C19H16N2O6/c1-26-18-8-4-13(10-16(18)21(24)25)19(23)20-14-5-2-12(3-6-14)17-9-7-15(11-22)27-17/h2-10,22H,11H2,1H3,(H,20,23). The molecule has 8 nitrogen and oxygen atoms in total. The van der Waals surface area contributed by atoms with E-state index in [2.05, 4.69) is 5.32 Å². The summed E-state index contributed by atoms with van der Waals surface area (Å²) in [5.74, 6) is 0.668. The zero-order chi connectivity index (χ0) is 19.4. The fraction of sp³-hybridized carbons (Fsp3) is 0.105. The van der Waals surface area contributed by atoms with Gasteiger partial charge in [-0.25, -0.2) is 0 Å². The predicted octanol–water partition coefficient (Wildman–Crippen LogP) is 3.61. The van der Waals surface area contributed by atoms with Gasteiger partial charge >= 0.3 is 5.69 Å². The van der Waals surface area contributed by atoms with Gasteiger partial charge in [-0.15, -0.1) is 0 Å². The second-order valence-electron chi connectivity index (χ2n) is 5.60. The lowest BCUT2D eigenvalue weighted by Gasteiger charge is -2.07. The molecule has 0 fully saturated rings. The summed E-state index contributed by atoms with van der Waals surface area (Å²) in [6.07, 6.45) is 0. The quantitative estimate of drug-likeness (QED) is 0.507. The average Bonchev–Trinajstić information content (AvgIpc) is 3.17. The first-order valence-corrected chi connectivity index (χ1v) is 7.95. The van der Waals surface area contributed by atoms with Crippen molar-refractivity contribution in [2.75, 3.05) is 12.4 Å². The molecule has 0 spiro atoms. The van der Waals surface area contributed by atoms with Crippen molar-refractivity contribution in [3.8, 4) is 17.1 Å². The van der Waals surface area contributed by atoms with E-state index in [1.54, 1.807) is 36.4 Å². The van der Waals surface area contributed by atoms with Gasteiger partial charge in [-0.2, -0.15) is 0 Å². The van der Waals surface area contributed by atoms with Crippen LogP contribution in [0.5, 0.6) is 5.75 Å². The van der Waals surface area contributed by atoms with E-state index < -0.39 is 10.8 Å². The van der Waals surface area contributed by atoms with Crippen LogP contribution in [0.3, 0.4) is 0 Å². The molecule has 1 heterocycles. The first-order chi connectivity index (χ1) is 13.0. The molecule has 1 amide bonds. The van der Waals surface area contributed by atoms with E-state index >= 15 is 0 Å². The lowest BCUT2D eigenvalue weighted by Crippen LogP contribution is -2.12. The Morgan fingerprint density at radius 3 is 2.52 bits per heavy atom. The molecule has 138 valence electrons. The number of aliphatic hydroxyl groups excluding tert-OH is 1. The van der Waals surface area contributed by atoms with Crippen molar-refractivity contribution in [1.29, 1.82) is 0 Å². The molecule has 27 heavy (non-hydrogen) atoms. The van der Waals surface area contributed by atoms with Gasteiger partial charge in [0.15, 0.2) is 5.75 Å². The number of nitro benzene ring substituents is 1. The van der Waals surface area contributed by atoms with E-state index in [4.69, 9.17) is 14.3 Å². The van der Waals surface area contributed by atoms with Crippen LogP contribution in [-0.4, -0.2) is 23.0 Å². The minimum absolute atomic E-state index is 0.0848. The molecular formula is C19H16N2O6. The molecule has 3 rings (SSSR count). The number of hydrogen-bond donors (Lipinski definition) is 2. The van der Waals surface area contributed by atoms with Crippen LogP contribution in [0, 0.1) is 10.1 Å². The van der Waals surface area contributed by atoms with Gasteiger partial charge in [0.2, 0.25) is 0 Å². The highest BCUT2D eigenvalue weighted by Crippen LogP contribution is 2.28. The van der Waals surface area contributed by atoms with Crippen LogP contribution >= 0.6 is 0 Å². The number of carbonyl (C=O) groups excluding carboxylic acids is 1. The largest absolute Gasteiger partial charge is 0.490 e. The number of nitrogens with one attached hydrogen (secondary N) is 1. The lowest BCUT2D eigenvalue weighted by molar-refractivity contribution is -0.385. The highest BCUT2D eigenvalue weighted by atomic mass is 16.6. The first-order valence-electron chi connectivity index (χ1n) is 7.95. The van der Waals surface area contributed by atoms with Crippen LogP contribution < -0.4 is 10.1 Å². The SMILES string of the molecule is COc1ccc(C(=O)Nc2ccc(-c3ccc(CO)o3)cc2)cc1[N+](=O)[O-]. The molecule has 0 atom stereocenters. The molecule has 0 saturated carbocycles. The third kappa shape index (κ3) is 3.96. The molecule has 1 aromatic heterocycles. The Hall–Kier alpha value is -3.65. The van der Waals surface area contributed by atoms with Crippen molar-refractivity contribution >= 4 is 17.3 Å². The number of anilines is 1. The number of rotatable bonds is 6. The number of benzene rings is 2. The Balaban J connectivity index is 1.76. The van der Waals surface area contributed by atoms with Gasteiger partial charge in [-0.3, -0.25) is 14.9 Å². The molecular weight excluding hydrogens is 352 g/mol. The Bertz CT molecular complexity index is 978. The lowest BCUT2D eigenvalue weighted by atomic mass is 10.1. The van der Waals surface area contributed by atoms with Crippen molar-refractivity contribution in [2.24, 2.45) is 0 Å². The van der Waals surface area contributed by atoms with Crippen molar-refractivity contribution in [2.45, 2.75) is 6.61 Å². The molecule has 0 unspecified atom stereocenters. The van der Waals surface area contributed by atoms with Crippen LogP contribution in [0.25, 0.3) is 11.3 Å². The van der Waals surface area contributed by atoms with Crippen LogP contribution in [0.4, 0.5) is 11.4 Å². The number of carbonyl (C=O) groups is 1. The molecule has 2 aromatic carbocycles. The Morgan fingerprint density at radius 1 is 1.19 bits per heavy atom. The summed E-state index contributed by atoms with van der Waals surface area (Å²) in [6, 6.07) is 14.3.